The second-order valence-electron chi connectivity index (χ2n) is 4.68. The Morgan fingerprint density at radius 2 is 1.90 bits per heavy atom. The highest BCUT2D eigenvalue weighted by Gasteiger charge is 2.24. The van der Waals surface area contributed by atoms with Crippen LogP contribution in [0.4, 0.5) is 10.7 Å². The molecule has 0 saturated carbocycles. The molecule has 0 fully saturated rings. The summed E-state index contributed by atoms with van der Waals surface area (Å²) in [7, 11) is 0. The number of urea groups is 1. The van der Waals surface area contributed by atoms with Crippen molar-refractivity contribution in [3.05, 3.63) is 11.4 Å². The van der Waals surface area contributed by atoms with Crippen molar-refractivity contribution in [1.82, 2.24) is 20.5 Å². The number of anilines is 1. The van der Waals surface area contributed by atoms with Gasteiger partial charge in [-0.2, -0.15) is 5.10 Å². The average molecular weight is 283 g/mol. The summed E-state index contributed by atoms with van der Waals surface area (Å²) < 4.78 is 0. The molecule has 0 bridgehead atoms. The Kier molecular flexibility index (Phi) is 4.92. The molecule has 0 spiro atoms. The lowest BCUT2D eigenvalue weighted by molar-refractivity contribution is -0.141. The van der Waals surface area contributed by atoms with Crippen molar-refractivity contribution in [1.29, 1.82) is 0 Å². The Labute approximate surface area is 115 Å². The summed E-state index contributed by atoms with van der Waals surface area (Å²) >= 11 is 0. The molecule has 9 nitrogen and oxygen atoms in total. The number of aliphatic hydroxyl groups is 1. The SMILES string of the molecule is Cc1nnc(NC(=O)NCC(C)(O)CC(=O)O)nc1C. The average Bonchev–Trinajstić information content (AvgIpc) is 2.30. The van der Waals surface area contributed by atoms with E-state index in [2.05, 4.69) is 25.8 Å². The number of aliphatic carboxylic acids is 1. The van der Waals surface area contributed by atoms with Gasteiger partial charge in [0.05, 0.1) is 23.4 Å². The minimum atomic E-state index is -1.54. The zero-order chi connectivity index (χ0) is 15.3. The quantitative estimate of drug-likeness (QED) is 0.589. The lowest BCUT2D eigenvalue weighted by atomic mass is 10.0. The van der Waals surface area contributed by atoms with Crippen molar-refractivity contribution in [3.63, 3.8) is 0 Å². The number of aromatic nitrogens is 3. The number of amides is 2. The Morgan fingerprint density at radius 3 is 2.45 bits per heavy atom. The normalized spacial score (nSPS) is 13.4. The van der Waals surface area contributed by atoms with Gasteiger partial charge in [0.15, 0.2) is 0 Å². The van der Waals surface area contributed by atoms with E-state index in [0.29, 0.717) is 11.4 Å². The predicted octanol–water partition coefficient (Wildman–Crippen LogP) is -0.164. The predicted molar refractivity (Wildman–Crippen MR) is 69.2 cm³/mol. The van der Waals surface area contributed by atoms with Crippen LogP contribution >= 0.6 is 0 Å². The summed E-state index contributed by atoms with van der Waals surface area (Å²) in [6.07, 6.45) is -0.477. The summed E-state index contributed by atoms with van der Waals surface area (Å²) in [5.41, 5.74) is -0.251. The molecule has 20 heavy (non-hydrogen) atoms. The Morgan fingerprint density at radius 1 is 1.25 bits per heavy atom. The molecule has 0 aliphatic heterocycles. The first-order valence-corrected chi connectivity index (χ1v) is 5.86. The lowest BCUT2D eigenvalue weighted by Crippen LogP contribution is -2.43. The fourth-order valence-corrected chi connectivity index (χ4v) is 1.31. The van der Waals surface area contributed by atoms with E-state index in [-0.39, 0.29) is 12.5 Å². The van der Waals surface area contributed by atoms with Gasteiger partial charge in [0.25, 0.3) is 5.95 Å². The van der Waals surface area contributed by atoms with Gasteiger partial charge in [0.1, 0.15) is 0 Å². The molecule has 0 aliphatic carbocycles. The maximum absolute atomic E-state index is 11.6. The van der Waals surface area contributed by atoms with Crippen molar-refractivity contribution in [2.45, 2.75) is 32.8 Å². The van der Waals surface area contributed by atoms with E-state index in [4.69, 9.17) is 5.11 Å². The van der Waals surface area contributed by atoms with Crippen LogP contribution < -0.4 is 10.6 Å². The van der Waals surface area contributed by atoms with Crippen LogP contribution in [0.1, 0.15) is 24.7 Å². The molecule has 1 aromatic heterocycles. The van der Waals surface area contributed by atoms with Crippen molar-refractivity contribution < 1.29 is 19.8 Å². The zero-order valence-corrected chi connectivity index (χ0v) is 11.5. The molecule has 110 valence electrons. The van der Waals surface area contributed by atoms with E-state index in [9.17, 15) is 14.7 Å². The van der Waals surface area contributed by atoms with E-state index in [1.54, 1.807) is 13.8 Å². The van der Waals surface area contributed by atoms with Gasteiger partial charge < -0.3 is 15.5 Å². The Hall–Kier alpha value is -2.29. The van der Waals surface area contributed by atoms with Crippen LogP contribution in [0.15, 0.2) is 0 Å². The van der Waals surface area contributed by atoms with Crippen LogP contribution in [0.5, 0.6) is 0 Å². The van der Waals surface area contributed by atoms with Gasteiger partial charge in [0, 0.05) is 6.54 Å². The smallest absolute Gasteiger partial charge is 0.321 e. The van der Waals surface area contributed by atoms with Crippen LogP contribution in [-0.4, -0.2) is 49.5 Å². The molecular formula is C11H17N5O4. The number of aryl methyl sites for hydroxylation is 2. The van der Waals surface area contributed by atoms with E-state index in [1.165, 1.54) is 6.92 Å². The third-order valence-electron chi connectivity index (χ3n) is 2.48. The maximum atomic E-state index is 11.6. The fourth-order valence-electron chi connectivity index (χ4n) is 1.31. The van der Waals surface area contributed by atoms with E-state index < -0.39 is 24.0 Å². The second-order valence-corrected chi connectivity index (χ2v) is 4.68. The van der Waals surface area contributed by atoms with Crippen LogP contribution in [0, 0.1) is 13.8 Å². The lowest BCUT2D eigenvalue weighted by Gasteiger charge is -2.21. The first-order chi connectivity index (χ1) is 9.19. The number of carbonyl (C=O) groups is 2. The van der Waals surface area contributed by atoms with E-state index >= 15 is 0 Å². The molecular weight excluding hydrogens is 266 g/mol. The van der Waals surface area contributed by atoms with Gasteiger partial charge in [-0.1, -0.05) is 0 Å². The highest BCUT2D eigenvalue weighted by Crippen LogP contribution is 2.07. The molecule has 4 N–H and O–H groups in total. The van der Waals surface area contributed by atoms with E-state index in [1.807, 2.05) is 0 Å². The van der Waals surface area contributed by atoms with Gasteiger partial charge in [-0.3, -0.25) is 10.1 Å². The number of nitrogens with one attached hydrogen (secondary N) is 2. The van der Waals surface area contributed by atoms with Crippen molar-refractivity contribution in [2.75, 3.05) is 11.9 Å². The molecule has 1 heterocycles. The van der Waals surface area contributed by atoms with Gasteiger partial charge in [-0.25, -0.2) is 9.78 Å². The minimum Gasteiger partial charge on any atom is -0.481 e. The van der Waals surface area contributed by atoms with Crippen LogP contribution in [0.25, 0.3) is 0 Å². The zero-order valence-electron chi connectivity index (χ0n) is 11.5. The molecule has 0 aromatic carbocycles. The molecule has 1 atom stereocenters. The monoisotopic (exact) mass is 283 g/mol. The summed E-state index contributed by atoms with van der Waals surface area (Å²) in [6, 6.07) is -0.652. The summed E-state index contributed by atoms with van der Waals surface area (Å²) in [6.45, 7) is 4.56. The maximum Gasteiger partial charge on any atom is 0.321 e. The first-order valence-electron chi connectivity index (χ1n) is 5.86. The van der Waals surface area contributed by atoms with Crippen LogP contribution in [-0.2, 0) is 4.79 Å². The molecule has 0 radical (unpaired) electrons. The highest BCUT2D eigenvalue weighted by atomic mass is 16.4. The number of nitrogens with zero attached hydrogens (tertiary/aromatic N) is 3. The Bertz CT molecular complexity index is 518. The molecule has 1 unspecified atom stereocenters. The number of hydrogen-bond acceptors (Lipinski definition) is 6. The molecule has 0 saturated heterocycles. The third kappa shape index (κ3) is 5.14. The Balaban J connectivity index is 2.51. The van der Waals surface area contributed by atoms with Crippen molar-refractivity contribution in [3.8, 4) is 0 Å². The molecule has 1 aromatic rings. The third-order valence-corrected chi connectivity index (χ3v) is 2.48. The minimum absolute atomic E-state index is 0.0310. The van der Waals surface area contributed by atoms with Crippen LogP contribution in [0.2, 0.25) is 0 Å². The second kappa shape index (κ2) is 6.24. The number of carboxylic acid groups (broad SMARTS) is 1. The number of hydrogen-bond donors (Lipinski definition) is 4. The molecule has 9 heteroatoms. The molecule has 1 rings (SSSR count). The highest BCUT2D eigenvalue weighted by molar-refractivity contribution is 5.87. The largest absolute Gasteiger partial charge is 0.481 e. The molecule has 0 aliphatic rings. The van der Waals surface area contributed by atoms with Gasteiger partial charge in [0.2, 0.25) is 0 Å². The summed E-state index contributed by atoms with van der Waals surface area (Å²) in [5.74, 6) is -1.12. The van der Waals surface area contributed by atoms with E-state index in [0.717, 1.165) is 0 Å². The molecule has 2 amide bonds. The number of carbonyl (C=O) groups excluding carboxylic acids is 1. The number of rotatable bonds is 5. The first kappa shape index (κ1) is 15.8. The summed E-state index contributed by atoms with van der Waals surface area (Å²) in [5, 5.41) is 30.5. The van der Waals surface area contributed by atoms with Gasteiger partial charge >= 0.3 is 12.0 Å². The van der Waals surface area contributed by atoms with Gasteiger partial charge in [-0.15, -0.1) is 5.10 Å². The number of carboxylic acids is 1. The standard InChI is InChI=1S/C11H17N5O4/c1-6-7(2)15-16-9(13-6)14-10(19)12-5-11(3,20)4-8(17)18/h20H,4-5H2,1-3H3,(H,17,18)(H2,12,13,14,16,19). The topological polar surface area (TPSA) is 137 Å². The van der Waals surface area contributed by atoms with Crippen molar-refractivity contribution in [2.24, 2.45) is 0 Å². The fraction of sp³-hybridized carbons (Fsp3) is 0.545. The van der Waals surface area contributed by atoms with Gasteiger partial charge in [-0.05, 0) is 20.8 Å². The van der Waals surface area contributed by atoms with Crippen LogP contribution in [0.3, 0.4) is 0 Å². The summed E-state index contributed by atoms with van der Waals surface area (Å²) in [4.78, 5) is 26.1. The van der Waals surface area contributed by atoms with Crippen molar-refractivity contribution >= 4 is 17.9 Å².